The molecule has 0 amide bonds. The van der Waals surface area contributed by atoms with E-state index < -0.39 is 0 Å². The SMILES string of the molecule is C.C.C.CC.CC.CC.CC.CC.CC.CC.CC.CC.CC.CC.CC.CC(C)(C)C.CC(C)C.CN(C)C.CN(C)C.CN(C)C. The monoisotopic (exact) mass is 716 g/mol. The van der Waals surface area contributed by atoms with Gasteiger partial charge in [0.2, 0.25) is 0 Å². The van der Waals surface area contributed by atoms with Crippen molar-refractivity contribution in [2.45, 2.75) is 237 Å². The molecule has 0 aromatic rings. The molecule has 0 saturated heterocycles. The molecule has 328 valence electrons. The molecule has 0 radical (unpaired) electrons. The van der Waals surface area contributed by atoms with E-state index in [-0.39, 0.29) is 22.3 Å². The predicted molar refractivity (Wildman–Crippen MR) is 261 cm³/mol. The summed E-state index contributed by atoms with van der Waals surface area (Å²) in [6.45, 7) is 63.2. The minimum Gasteiger partial charge on any atom is -0.312 e. The van der Waals surface area contributed by atoms with Gasteiger partial charge in [0, 0.05) is 0 Å². The van der Waals surface area contributed by atoms with Gasteiger partial charge in [-0.2, -0.15) is 0 Å². The summed E-state index contributed by atoms with van der Waals surface area (Å²) in [5.74, 6) is 0.833. The van der Waals surface area contributed by atoms with E-state index in [2.05, 4.69) is 48.5 Å². The van der Waals surface area contributed by atoms with Gasteiger partial charge in [0.15, 0.2) is 0 Å². The minimum atomic E-state index is 0. The Balaban J connectivity index is -0.00000000975. The van der Waals surface area contributed by atoms with Crippen LogP contribution in [0.3, 0.4) is 0 Å². The smallest absolute Gasteiger partial charge is 0.0140 e. The van der Waals surface area contributed by atoms with E-state index in [1.54, 1.807) is 0 Å². The highest BCUT2D eigenvalue weighted by Gasteiger charge is 1.95. The first kappa shape index (κ1) is 135. The van der Waals surface area contributed by atoms with E-state index >= 15 is 0 Å². The molecule has 48 heavy (non-hydrogen) atoms. The summed E-state index contributed by atoms with van der Waals surface area (Å²) in [5, 5.41) is 0. The molecule has 0 aliphatic heterocycles. The van der Waals surface area contributed by atoms with E-state index in [9.17, 15) is 0 Å². The van der Waals surface area contributed by atoms with E-state index in [0.29, 0.717) is 5.41 Å². The van der Waals surface area contributed by atoms with Crippen molar-refractivity contribution in [2.24, 2.45) is 11.3 Å². The van der Waals surface area contributed by atoms with Crippen molar-refractivity contribution in [2.75, 3.05) is 63.4 Å². The summed E-state index contributed by atoms with van der Waals surface area (Å²) in [7, 11) is 18.0. The Morgan fingerprint density at radius 1 is 0.250 bits per heavy atom. The molecule has 0 unspecified atom stereocenters. The third-order valence-corrected chi connectivity index (χ3v) is 0. The van der Waals surface area contributed by atoms with Crippen molar-refractivity contribution in [1.82, 2.24) is 14.7 Å². The van der Waals surface area contributed by atoms with Crippen LogP contribution in [0.25, 0.3) is 0 Å². The van der Waals surface area contributed by atoms with Gasteiger partial charge in [0.1, 0.15) is 0 Å². The first-order chi connectivity index (χ1) is 20.9. The summed E-state index contributed by atoms with van der Waals surface area (Å²) < 4.78 is 0. The lowest BCUT2D eigenvalue weighted by molar-refractivity contribution is 0.469. The van der Waals surface area contributed by atoms with Gasteiger partial charge in [0.25, 0.3) is 0 Å². The Labute approximate surface area is 325 Å². The van der Waals surface area contributed by atoms with Crippen LogP contribution in [0.1, 0.15) is 237 Å². The van der Waals surface area contributed by atoms with Crippen molar-refractivity contribution in [3.63, 3.8) is 0 Å². The van der Waals surface area contributed by atoms with Crippen LogP contribution in [-0.4, -0.2) is 78.1 Å². The maximum absolute atomic E-state index is 2.19. The maximum Gasteiger partial charge on any atom is -0.0140 e. The van der Waals surface area contributed by atoms with Gasteiger partial charge in [-0.1, -0.05) is 237 Å². The van der Waals surface area contributed by atoms with Crippen LogP contribution < -0.4 is 0 Å². The van der Waals surface area contributed by atoms with Crippen LogP contribution >= 0.6 is 0 Å². The molecule has 0 rings (SSSR count). The van der Waals surface area contributed by atoms with Crippen LogP contribution in [0, 0.1) is 11.3 Å². The summed E-state index contributed by atoms with van der Waals surface area (Å²) in [6.07, 6.45) is 0. The van der Waals surface area contributed by atoms with Crippen molar-refractivity contribution in [1.29, 1.82) is 0 Å². The first-order valence-corrected chi connectivity index (χ1v) is 19.8. The zero-order valence-corrected chi connectivity index (χ0v) is 42.4. The van der Waals surface area contributed by atoms with Gasteiger partial charge in [-0.15, -0.1) is 0 Å². The highest BCUT2D eigenvalue weighted by atomic mass is 15.0. The first-order valence-electron chi connectivity index (χ1n) is 19.8. The second-order valence-corrected chi connectivity index (χ2v) is 8.76. The van der Waals surface area contributed by atoms with Crippen molar-refractivity contribution >= 4 is 0 Å². The van der Waals surface area contributed by atoms with E-state index in [1.807, 2.05) is 244 Å². The van der Waals surface area contributed by atoms with Gasteiger partial charge < -0.3 is 14.7 Å². The Morgan fingerprint density at radius 3 is 0.250 bits per heavy atom. The molecule has 0 bridgehead atoms. The summed E-state index contributed by atoms with van der Waals surface area (Å²) in [5.41, 5.74) is 0.500. The van der Waals surface area contributed by atoms with Crippen LogP contribution in [0.5, 0.6) is 0 Å². The minimum absolute atomic E-state index is 0. The number of hydrogen-bond acceptors (Lipinski definition) is 3. The third kappa shape index (κ3) is 6420000. The van der Waals surface area contributed by atoms with Crippen LogP contribution in [-0.2, 0) is 0 Å². The largest absolute Gasteiger partial charge is 0.312 e. The number of hydrogen-bond donors (Lipinski definition) is 0. The maximum atomic E-state index is 2.19. The van der Waals surface area contributed by atoms with Gasteiger partial charge in [-0.3, -0.25) is 0 Å². The zero-order valence-electron chi connectivity index (χ0n) is 42.4. The molecule has 0 saturated carbocycles. The second kappa shape index (κ2) is 309. The fourth-order valence-corrected chi connectivity index (χ4v) is 0. The molecule has 0 heterocycles. The van der Waals surface area contributed by atoms with E-state index in [0.717, 1.165) is 5.92 Å². The Bertz CT molecular complexity index is 108. The molecule has 0 aliphatic rings. The zero-order chi connectivity index (χ0) is 42.8. The quantitative estimate of drug-likeness (QED) is 0.247. The van der Waals surface area contributed by atoms with Crippen LogP contribution in [0.4, 0.5) is 0 Å². The normalized spacial score (nSPS) is 5.75. The summed E-state index contributed by atoms with van der Waals surface area (Å²) in [4.78, 5) is 6.00. The molecule has 0 aliphatic carbocycles. The molecule has 0 N–H and O–H groups in total. The topological polar surface area (TPSA) is 9.72 Å². The molecule has 3 heteroatoms. The molecule has 3 nitrogen and oxygen atoms in total. The average Bonchev–Trinajstić information content (AvgIpc) is 3.03. The molecule has 0 atom stereocenters. The highest BCUT2D eigenvalue weighted by Crippen LogP contribution is 2.08. The van der Waals surface area contributed by atoms with Crippen LogP contribution in [0.15, 0.2) is 0 Å². The number of nitrogens with zero attached hydrogens (tertiary/aromatic N) is 3. The molecular formula is C45H133N3. The fourth-order valence-electron chi connectivity index (χ4n) is 0. The van der Waals surface area contributed by atoms with Gasteiger partial charge in [0.05, 0.1) is 0 Å². The van der Waals surface area contributed by atoms with E-state index in [1.165, 1.54) is 0 Å². The summed E-state index contributed by atoms with van der Waals surface area (Å²) >= 11 is 0. The molecule has 0 aromatic heterocycles. The van der Waals surface area contributed by atoms with Crippen LogP contribution in [0.2, 0.25) is 0 Å². The van der Waals surface area contributed by atoms with Crippen molar-refractivity contribution in [3.8, 4) is 0 Å². The highest BCUT2D eigenvalue weighted by molar-refractivity contribution is 4.47. The fraction of sp³-hybridized carbons (Fsp3) is 1.00. The van der Waals surface area contributed by atoms with Crippen molar-refractivity contribution < 1.29 is 0 Å². The summed E-state index contributed by atoms with van der Waals surface area (Å²) in [6, 6.07) is 0. The average molecular weight is 717 g/mol. The third-order valence-electron chi connectivity index (χ3n) is 0. The Kier molecular flexibility index (Phi) is 871. The second-order valence-electron chi connectivity index (χ2n) is 8.76. The Hall–Kier alpha value is -0.120. The lowest BCUT2D eigenvalue weighted by Gasteiger charge is -2.05. The lowest BCUT2D eigenvalue weighted by Crippen LogP contribution is -1.99. The van der Waals surface area contributed by atoms with Gasteiger partial charge >= 0.3 is 0 Å². The molecule has 0 fully saturated rings. The number of rotatable bonds is 0. The van der Waals surface area contributed by atoms with Gasteiger partial charge in [-0.25, -0.2) is 0 Å². The van der Waals surface area contributed by atoms with Crippen molar-refractivity contribution in [3.05, 3.63) is 0 Å². The Morgan fingerprint density at radius 2 is 0.250 bits per heavy atom. The van der Waals surface area contributed by atoms with E-state index in [4.69, 9.17) is 0 Å². The molecule has 0 aromatic carbocycles. The standard InChI is InChI=1S/C5H12.C4H10.3C3H9N.12C2H6.3CH4/c1-5(2,3)4;4*1-4(2)3;12*1-2;;;/h1-4H3;4H,1-3H3;3*1-3H3;12*1-2H3;3*1H4. The predicted octanol–water partition coefficient (Wildman–Crippen LogP) is 18.5. The molecule has 0 spiro atoms. The molecular weight excluding hydrogens is 583 g/mol. The van der Waals surface area contributed by atoms with Gasteiger partial charge in [-0.05, 0) is 74.8 Å². The lowest BCUT2D eigenvalue weighted by atomic mass is 10.0.